The van der Waals surface area contributed by atoms with Gasteiger partial charge in [0, 0.05) is 11.1 Å². The van der Waals surface area contributed by atoms with Crippen LogP contribution in [0, 0.1) is 11.6 Å². The van der Waals surface area contributed by atoms with Crippen molar-refractivity contribution in [2.45, 2.75) is 32.0 Å². The minimum atomic E-state index is -0.972. The van der Waals surface area contributed by atoms with Crippen molar-refractivity contribution in [3.8, 4) is 0 Å². The summed E-state index contributed by atoms with van der Waals surface area (Å²) in [4.78, 5) is 0. The monoisotopic (exact) mass is 229 g/mol. The van der Waals surface area contributed by atoms with Gasteiger partial charge in [-0.1, -0.05) is 0 Å². The fourth-order valence-corrected chi connectivity index (χ4v) is 2.25. The summed E-state index contributed by atoms with van der Waals surface area (Å²) in [7, 11) is 0. The van der Waals surface area contributed by atoms with Gasteiger partial charge in [-0.2, -0.15) is 0 Å². The first kappa shape index (κ1) is 11.5. The maximum atomic E-state index is 13.7. The first-order valence-electron chi connectivity index (χ1n) is 5.36. The Morgan fingerprint density at radius 1 is 1.38 bits per heavy atom. The van der Waals surface area contributed by atoms with Crippen molar-refractivity contribution < 1.29 is 13.2 Å². The maximum absolute atomic E-state index is 13.7. The summed E-state index contributed by atoms with van der Waals surface area (Å²) < 4.78 is 39.5. The highest BCUT2D eigenvalue weighted by Gasteiger charge is 2.33. The summed E-state index contributed by atoms with van der Waals surface area (Å²) in [6.07, 6.45) is 1.65. The number of benzene rings is 1. The molecule has 1 saturated heterocycles. The van der Waals surface area contributed by atoms with Crippen molar-refractivity contribution >= 4 is 0 Å². The smallest absolute Gasteiger partial charge is 0.163 e. The topological polar surface area (TPSA) is 12.0 Å². The molecule has 1 fully saturated rings. The summed E-state index contributed by atoms with van der Waals surface area (Å²) >= 11 is 0. The van der Waals surface area contributed by atoms with Crippen LogP contribution in [0.3, 0.4) is 0 Å². The van der Waals surface area contributed by atoms with E-state index in [1.807, 2.05) is 6.92 Å². The fraction of sp³-hybridized carbons (Fsp3) is 0.500. The lowest BCUT2D eigenvalue weighted by molar-refractivity contribution is 0.391. The van der Waals surface area contributed by atoms with Crippen molar-refractivity contribution in [3.63, 3.8) is 0 Å². The van der Waals surface area contributed by atoms with Crippen LogP contribution in [-0.4, -0.2) is 6.54 Å². The van der Waals surface area contributed by atoms with Gasteiger partial charge in [0.1, 0.15) is 6.67 Å². The van der Waals surface area contributed by atoms with E-state index in [9.17, 15) is 13.2 Å². The van der Waals surface area contributed by atoms with Crippen molar-refractivity contribution in [1.29, 1.82) is 0 Å². The zero-order chi connectivity index (χ0) is 11.8. The Kier molecular flexibility index (Phi) is 2.93. The molecule has 0 radical (unpaired) electrons. The third kappa shape index (κ3) is 1.82. The molecule has 0 aromatic heterocycles. The Bertz CT molecular complexity index is 397. The number of halogens is 3. The second-order valence-corrected chi connectivity index (χ2v) is 4.44. The highest BCUT2D eigenvalue weighted by molar-refractivity contribution is 5.32. The van der Waals surface area contributed by atoms with Crippen LogP contribution < -0.4 is 5.32 Å². The quantitative estimate of drug-likeness (QED) is 0.822. The molecule has 0 bridgehead atoms. The molecule has 4 heteroatoms. The number of alkyl halides is 1. The third-order valence-electron chi connectivity index (χ3n) is 3.21. The van der Waals surface area contributed by atoms with Gasteiger partial charge in [-0.15, -0.1) is 0 Å². The molecule has 1 unspecified atom stereocenters. The van der Waals surface area contributed by atoms with Gasteiger partial charge in [-0.25, -0.2) is 13.2 Å². The van der Waals surface area contributed by atoms with Crippen LogP contribution in [0.1, 0.15) is 30.9 Å². The van der Waals surface area contributed by atoms with Crippen LogP contribution in [0.2, 0.25) is 0 Å². The minimum absolute atomic E-state index is 0.184. The molecule has 1 atom stereocenters. The molecular weight excluding hydrogens is 215 g/mol. The third-order valence-corrected chi connectivity index (χ3v) is 3.21. The Balaban J connectivity index is 2.50. The van der Waals surface area contributed by atoms with Gasteiger partial charge < -0.3 is 5.32 Å². The van der Waals surface area contributed by atoms with Crippen LogP contribution >= 0.6 is 0 Å². The Labute approximate surface area is 92.7 Å². The second-order valence-electron chi connectivity index (χ2n) is 4.44. The Hall–Kier alpha value is -1.03. The fourth-order valence-electron chi connectivity index (χ4n) is 2.25. The van der Waals surface area contributed by atoms with Crippen LogP contribution in [-0.2, 0) is 12.2 Å². The zero-order valence-electron chi connectivity index (χ0n) is 9.12. The molecule has 0 saturated carbocycles. The molecule has 0 aliphatic carbocycles. The van der Waals surface area contributed by atoms with Gasteiger partial charge in [0.15, 0.2) is 11.6 Å². The summed E-state index contributed by atoms with van der Waals surface area (Å²) in [5.74, 6) is -1.84. The molecule has 1 aromatic rings. The molecule has 88 valence electrons. The van der Waals surface area contributed by atoms with Gasteiger partial charge >= 0.3 is 0 Å². The molecule has 16 heavy (non-hydrogen) atoms. The molecule has 2 rings (SSSR count). The molecule has 1 heterocycles. The molecule has 0 spiro atoms. The lowest BCUT2D eigenvalue weighted by Gasteiger charge is -2.26. The maximum Gasteiger partial charge on any atom is 0.163 e. The van der Waals surface area contributed by atoms with Gasteiger partial charge in [-0.3, -0.25) is 0 Å². The summed E-state index contributed by atoms with van der Waals surface area (Å²) in [6.45, 7) is 1.82. The second kappa shape index (κ2) is 4.09. The van der Waals surface area contributed by atoms with E-state index < -0.39 is 23.8 Å². The van der Waals surface area contributed by atoms with E-state index in [0.717, 1.165) is 25.5 Å². The molecule has 1 aliphatic rings. The molecule has 1 aliphatic heterocycles. The number of nitrogens with one attached hydrogen (secondary N) is 1. The van der Waals surface area contributed by atoms with Crippen molar-refractivity contribution in [2.75, 3.05) is 6.54 Å². The predicted octanol–water partition coefficient (Wildman–Crippen LogP) is 3.03. The van der Waals surface area contributed by atoms with E-state index in [1.165, 1.54) is 6.07 Å². The highest BCUT2D eigenvalue weighted by atomic mass is 19.2. The van der Waals surface area contributed by atoms with E-state index in [2.05, 4.69) is 5.32 Å². The lowest BCUT2D eigenvalue weighted by Crippen LogP contribution is -2.34. The van der Waals surface area contributed by atoms with E-state index >= 15 is 0 Å². The molecule has 1 aromatic carbocycles. The average molecular weight is 229 g/mol. The van der Waals surface area contributed by atoms with E-state index in [1.54, 1.807) is 0 Å². The van der Waals surface area contributed by atoms with E-state index in [0.29, 0.717) is 0 Å². The largest absolute Gasteiger partial charge is 0.308 e. The standard InChI is InChI=1S/C12H14F3N/c1-12(3-2-4-16-12)9-5-8(7-13)6-10(14)11(9)15/h5-6,16H,2-4,7H2,1H3. The van der Waals surface area contributed by atoms with Gasteiger partial charge in [0.25, 0.3) is 0 Å². The predicted molar refractivity (Wildman–Crippen MR) is 55.8 cm³/mol. The van der Waals surface area contributed by atoms with Crippen LogP contribution in [0.5, 0.6) is 0 Å². The van der Waals surface area contributed by atoms with E-state index in [-0.39, 0.29) is 11.1 Å². The minimum Gasteiger partial charge on any atom is -0.308 e. The van der Waals surface area contributed by atoms with Gasteiger partial charge in [0.05, 0.1) is 0 Å². The summed E-state index contributed by atoms with van der Waals surface area (Å²) in [6, 6.07) is 2.33. The van der Waals surface area contributed by atoms with Crippen LogP contribution in [0.15, 0.2) is 12.1 Å². The van der Waals surface area contributed by atoms with E-state index in [4.69, 9.17) is 0 Å². The first-order chi connectivity index (χ1) is 7.57. The summed E-state index contributed by atoms with van der Waals surface area (Å²) in [5.41, 5.74) is -0.155. The van der Waals surface area contributed by atoms with Crippen molar-refractivity contribution in [3.05, 3.63) is 34.9 Å². The highest BCUT2D eigenvalue weighted by Crippen LogP contribution is 2.33. The Morgan fingerprint density at radius 2 is 2.12 bits per heavy atom. The first-order valence-corrected chi connectivity index (χ1v) is 5.36. The Morgan fingerprint density at radius 3 is 2.69 bits per heavy atom. The van der Waals surface area contributed by atoms with Gasteiger partial charge in [-0.05, 0) is 44.0 Å². The number of rotatable bonds is 2. The zero-order valence-corrected chi connectivity index (χ0v) is 9.12. The van der Waals surface area contributed by atoms with Crippen LogP contribution in [0.25, 0.3) is 0 Å². The molecular formula is C12H14F3N. The molecule has 1 nitrogen and oxygen atoms in total. The molecule has 1 N–H and O–H groups in total. The van der Waals surface area contributed by atoms with Crippen molar-refractivity contribution in [2.24, 2.45) is 0 Å². The van der Waals surface area contributed by atoms with Crippen molar-refractivity contribution in [1.82, 2.24) is 5.32 Å². The normalized spacial score (nSPS) is 25.0. The number of hydrogen-bond acceptors (Lipinski definition) is 1. The SMILES string of the molecule is CC1(c2cc(CF)cc(F)c2F)CCCN1. The van der Waals surface area contributed by atoms with Gasteiger partial charge in [0.2, 0.25) is 0 Å². The lowest BCUT2D eigenvalue weighted by atomic mass is 9.89. The average Bonchev–Trinajstić information content (AvgIpc) is 2.70. The van der Waals surface area contributed by atoms with Crippen LogP contribution in [0.4, 0.5) is 13.2 Å². The summed E-state index contributed by atoms with van der Waals surface area (Å²) in [5, 5.41) is 3.14. The number of hydrogen-bond donors (Lipinski definition) is 1. The molecule has 0 amide bonds.